The molecule has 27 heavy (non-hydrogen) atoms. The van der Waals surface area contributed by atoms with Crippen LogP contribution in [-0.2, 0) is 13.1 Å². The summed E-state index contributed by atoms with van der Waals surface area (Å²) >= 11 is 0. The predicted octanol–water partition coefficient (Wildman–Crippen LogP) is 2.69. The third-order valence-corrected chi connectivity index (χ3v) is 4.47. The van der Waals surface area contributed by atoms with Gasteiger partial charge in [-0.15, -0.1) is 0 Å². The van der Waals surface area contributed by atoms with Gasteiger partial charge in [-0.3, -0.25) is 14.2 Å². The Morgan fingerprint density at radius 2 is 1.56 bits per heavy atom. The van der Waals surface area contributed by atoms with Crippen molar-refractivity contribution < 1.29 is 0 Å². The molecule has 0 N–H and O–H groups in total. The van der Waals surface area contributed by atoms with Crippen LogP contribution in [0.3, 0.4) is 0 Å². The Labute approximate surface area is 155 Å². The topological polar surface area (TPSA) is 69.8 Å². The monoisotopic (exact) mass is 358 g/mol. The summed E-state index contributed by atoms with van der Waals surface area (Å²) in [7, 11) is 0. The van der Waals surface area contributed by atoms with Crippen molar-refractivity contribution in [3.63, 3.8) is 0 Å². The smallest absolute Gasteiger partial charge is 0.293 e. The van der Waals surface area contributed by atoms with Gasteiger partial charge < -0.3 is 0 Å². The van der Waals surface area contributed by atoms with Crippen LogP contribution in [0.25, 0.3) is 22.2 Å². The van der Waals surface area contributed by atoms with Gasteiger partial charge in [-0.25, -0.2) is 9.67 Å². The molecule has 2 aromatic carbocycles. The van der Waals surface area contributed by atoms with Crippen LogP contribution < -0.4 is 11.1 Å². The van der Waals surface area contributed by atoms with Gasteiger partial charge in [0.25, 0.3) is 11.1 Å². The molecule has 2 aromatic heterocycles. The normalized spacial score (nSPS) is 11.0. The van der Waals surface area contributed by atoms with E-state index in [0.29, 0.717) is 18.8 Å². The first kappa shape index (κ1) is 16.9. The van der Waals surface area contributed by atoms with Crippen molar-refractivity contribution in [2.45, 2.75) is 20.0 Å². The Hall–Kier alpha value is -3.54. The molecule has 0 unspecified atom stereocenters. The molecule has 0 radical (unpaired) electrons. The molecule has 0 saturated carbocycles. The lowest BCUT2D eigenvalue weighted by atomic mass is 10.1. The Morgan fingerprint density at radius 3 is 2.22 bits per heavy atom. The molecule has 2 heterocycles. The van der Waals surface area contributed by atoms with E-state index in [4.69, 9.17) is 0 Å². The number of aromatic nitrogens is 4. The minimum absolute atomic E-state index is 0.153. The third kappa shape index (κ3) is 3.06. The minimum atomic E-state index is -0.351. The second-order valence-electron chi connectivity index (χ2n) is 6.22. The fourth-order valence-electron chi connectivity index (χ4n) is 3.11. The number of hydrogen-bond donors (Lipinski definition) is 0. The van der Waals surface area contributed by atoms with Gasteiger partial charge in [0.15, 0.2) is 0 Å². The maximum Gasteiger partial charge on any atom is 0.293 e. The van der Waals surface area contributed by atoms with Crippen molar-refractivity contribution in [3.05, 3.63) is 93.3 Å². The number of fused-ring (bicyclic) bond motifs is 1. The van der Waals surface area contributed by atoms with E-state index >= 15 is 0 Å². The Kier molecular flexibility index (Phi) is 4.38. The van der Waals surface area contributed by atoms with Crippen LogP contribution in [0.15, 0.2) is 76.6 Å². The van der Waals surface area contributed by atoms with Crippen LogP contribution in [0.1, 0.15) is 12.5 Å². The molecule has 4 rings (SSSR count). The lowest BCUT2D eigenvalue weighted by molar-refractivity contribution is 0.623. The molecule has 0 aliphatic carbocycles. The average molecular weight is 358 g/mol. The average Bonchev–Trinajstić information content (AvgIpc) is 2.72. The second-order valence-corrected chi connectivity index (χ2v) is 6.22. The maximum atomic E-state index is 13.2. The fraction of sp³-hybridized carbons (Fsp3) is 0.143. The highest BCUT2D eigenvalue weighted by Gasteiger charge is 2.17. The highest BCUT2D eigenvalue weighted by molar-refractivity contribution is 5.90. The SMILES string of the molecule is CCn1nc(-c2ccccc2)c2c(=O)n(Cc3ccccc3)cnc2c1=O. The van der Waals surface area contributed by atoms with Gasteiger partial charge >= 0.3 is 0 Å². The first-order valence-corrected chi connectivity index (χ1v) is 8.78. The molecule has 4 aromatic rings. The van der Waals surface area contributed by atoms with Gasteiger partial charge in [-0.1, -0.05) is 60.7 Å². The summed E-state index contributed by atoms with van der Waals surface area (Å²) in [6.45, 7) is 2.63. The lowest BCUT2D eigenvalue weighted by Crippen LogP contribution is -2.29. The van der Waals surface area contributed by atoms with Gasteiger partial charge in [0.05, 0.1) is 18.3 Å². The van der Waals surface area contributed by atoms with Crippen molar-refractivity contribution in [1.29, 1.82) is 0 Å². The summed E-state index contributed by atoms with van der Waals surface area (Å²) in [5, 5.41) is 4.71. The van der Waals surface area contributed by atoms with Gasteiger partial charge in [0.2, 0.25) is 0 Å². The summed E-state index contributed by atoms with van der Waals surface area (Å²) in [6.07, 6.45) is 1.44. The van der Waals surface area contributed by atoms with Crippen molar-refractivity contribution in [2.75, 3.05) is 0 Å². The number of nitrogens with zero attached hydrogens (tertiary/aromatic N) is 4. The molecule has 0 saturated heterocycles. The van der Waals surface area contributed by atoms with Crippen LogP contribution in [0, 0.1) is 0 Å². The van der Waals surface area contributed by atoms with Gasteiger partial charge in [0, 0.05) is 12.1 Å². The molecule has 0 aliphatic heterocycles. The van der Waals surface area contributed by atoms with Crippen LogP contribution in [0.5, 0.6) is 0 Å². The molecule has 0 aliphatic rings. The van der Waals surface area contributed by atoms with E-state index in [0.717, 1.165) is 11.1 Å². The molecular formula is C21H18N4O2. The number of benzene rings is 2. The Bertz CT molecular complexity index is 1210. The summed E-state index contributed by atoms with van der Waals surface area (Å²) < 4.78 is 2.86. The second kappa shape index (κ2) is 6.99. The summed E-state index contributed by atoms with van der Waals surface area (Å²) in [4.78, 5) is 30.2. The zero-order valence-corrected chi connectivity index (χ0v) is 14.9. The van der Waals surface area contributed by atoms with Crippen molar-refractivity contribution in [2.24, 2.45) is 0 Å². The summed E-state index contributed by atoms with van der Waals surface area (Å²) in [6, 6.07) is 19.1. The van der Waals surface area contributed by atoms with Gasteiger partial charge in [-0.2, -0.15) is 5.10 Å². The molecule has 134 valence electrons. The molecule has 0 amide bonds. The summed E-state index contributed by atoms with van der Waals surface area (Å²) in [5.41, 5.74) is 1.77. The van der Waals surface area contributed by atoms with E-state index in [1.165, 1.54) is 15.6 Å². The number of aryl methyl sites for hydroxylation is 1. The number of hydrogen-bond acceptors (Lipinski definition) is 4. The molecule has 6 heteroatoms. The maximum absolute atomic E-state index is 13.2. The van der Waals surface area contributed by atoms with E-state index in [1.54, 1.807) is 0 Å². The molecule has 6 nitrogen and oxygen atoms in total. The number of rotatable bonds is 4. The molecular weight excluding hydrogens is 340 g/mol. The fourth-order valence-corrected chi connectivity index (χ4v) is 3.11. The first-order valence-electron chi connectivity index (χ1n) is 8.78. The highest BCUT2D eigenvalue weighted by atomic mass is 16.1. The molecule has 0 spiro atoms. The quantitative estimate of drug-likeness (QED) is 0.562. The summed E-state index contributed by atoms with van der Waals surface area (Å²) in [5.74, 6) is 0. The van der Waals surface area contributed by atoms with E-state index in [-0.39, 0.29) is 22.0 Å². The van der Waals surface area contributed by atoms with E-state index < -0.39 is 0 Å². The minimum Gasteiger partial charge on any atom is -0.294 e. The molecule has 0 atom stereocenters. The lowest BCUT2D eigenvalue weighted by Gasteiger charge is -2.11. The highest BCUT2D eigenvalue weighted by Crippen LogP contribution is 2.21. The standard InChI is InChI=1S/C21H18N4O2/c1-2-25-21(27)19-17(18(23-25)16-11-7-4-8-12-16)20(26)24(14-22-19)13-15-9-5-3-6-10-15/h3-12,14H,2,13H2,1H3. The third-order valence-electron chi connectivity index (χ3n) is 4.47. The van der Waals surface area contributed by atoms with Crippen molar-refractivity contribution >= 4 is 10.9 Å². The van der Waals surface area contributed by atoms with Crippen molar-refractivity contribution in [1.82, 2.24) is 19.3 Å². The Morgan fingerprint density at radius 1 is 0.889 bits per heavy atom. The largest absolute Gasteiger partial charge is 0.294 e. The first-order chi connectivity index (χ1) is 13.2. The molecule has 0 bridgehead atoms. The predicted molar refractivity (Wildman–Crippen MR) is 105 cm³/mol. The van der Waals surface area contributed by atoms with Crippen LogP contribution in [0.4, 0.5) is 0 Å². The zero-order chi connectivity index (χ0) is 18.8. The van der Waals surface area contributed by atoms with E-state index in [2.05, 4.69) is 10.1 Å². The van der Waals surface area contributed by atoms with E-state index in [1.807, 2.05) is 67.6 Å². The molecule has 0 fully saturated rings. The van der Waals surface area contributed by atoms with Crippen LogP contribution in [0.2, 0.25) is 0 Å². The Balaban J connectivity index is 2.00. The van der Waals surface area contributed by atoms with E-state index in [9.17, 15) is 9.59 Å². The van der Waals surface area contributed by atoms with Gasteiger partial charge in [-0.05, 0) is 12.5 Å². The van der Waals surface area contributed by atoms with Crippen LogP contribution >= 0.6 is 0 Å². The zero-order valence-electron chi connectivity index (χ0n) is 14.9. The van der Waals surface area contributed by atoms with Crippen LogP contribution in [-0.4, -0.2) is 19.3 Å². The van der Waals surface area contributed by atoms with Gasteiger partial charge in [0.1, 0.15) is 11.2 Å². The van der Waals surface area contributed by atoms with Crippen molar-refractivity contribution in [3.8, 4) is 11.3 Å².